The molecule has 182 valence electrons. The number of carbonyl (C=O) groups excluding carboxylic acids is 3. The fourth-order valence-electron chi connectivity index (χ4n) is 4.08. The lowest BCUT2D eigenvalue weighted by molar-refractivity contribution is -0.129. The van der Waals surface area contributed by atoms with Crippen LogP contribution in [0.4, 0.5) is 4.39 Å². The summed E-state index contributed by atoms with van der Waals surface area (Å²) in [7, 11) is 0. The topological polar surface area (TPSA) is 82.1 Å². The number of amides is 3. The van der Waals surface area contributed by atoms with Crippen molar-refractivity contribution in [3.05, 3.63) is 41.7 Å². The molecule has 0 bridgehead atoms. The Hall–Kier alpha value is -2.33. The van der Waals surface area contributed by atoms with E-state index in [0.717, 1.165) is 12.8 Å². The van der Waals surface area contributed by atoms with Crippen LogP contribution in [0, 0.1) is 18.7 Å². The highest BCUT2D eigenvalue weighted by Crippen LogP contribution is 2.41. The first-order valence-corrected chi connectivity index (χ1v) is 13.2. The van der Waals surface area contributed by atoms with Gasteiger partial charge in [0, 0.05) is 42.1 Å². The molecule has 0 spiro atoms. The van der Waals surface area contributed by atoms with E-state index in [-0.39, 0.29) is 46.1 Å². The van der Waals surface area contributed by atoms with Gasteiger partial charge in [-0.3, -0.25) is 19.4 Å². The van der Waals surface area contributed by atoms with E-state index in [0.29, 0.717) is 40.8 Å². The smallest absolute Gasteiger partial charge is 0.254 e. The molecule has 1 saturated carbocycles. The van der Waals surface area contributed by atoms with Gasteiger partial charge < -0.3 is 15.1 Å². The summed E-state index contributed by atoms with van der Waals surface area (Å²) in [4.78, 5) is 45.7. The van der Waals surface area contributed by atoms with E-state index in [9.17, 15) is 18.8 Å². The quantitative estimate of drug-likeness (QED) is 0.622. The Bertz CT molecular complexity index is 1060. The molecule has 1 N–H and O–H groups in total. The maximum atomic E-state index is 14.9. The molecule has 0 aromatic heterocycles. The van der Waals surface area contributed by atoms with Crippen LogP contribution in [0.3, 0.4) is 0 Å². The Kier molecular flexibility index (Phi) is 7.37. The van der Waals surface area contributed by atoms with Crippen molar-refractivity contribution < 1.29 is 18.8 Å². The lowest BCUT2D eigenvalue weighted by atomic mass is 10.1. The summed E-state index contributed by atoms with van der Waals surface area (Å²) in [5.74, 6) is -0.598. The van der Waals surface area contributed by atoms with Gasteiger partial charge in [0.1, 0.15) is 5.82 Å². The zero-order valence-corrected chi connectivity index (χ0v) is 21.2. The monoisotopic (exact) mass is 504 g/mol. The van der Waals surface area contributed by atoms with Crippen LogP contribution < -0.4 is 5.32 Å². The van der Waals surface area contributed by atoms with Crippen LogP contribution in [-0.4, -0.2) is 69.0 Å². The van der Waals surface area contributed by atoms with Gasteiger partial charge in [0.05, 0.1) is 10.6 Å². The summed E-state index contributed by atoms with van der Waals surface area (Å²) in [5, 5.41) is 3.45. The standard InChI is InChI=1S/C24H29FN4O3S2/c1-5-20(30)29-9-8-28(12-14(29)3)22(32)17-11-19(18(25)10-13(17)2)33-23-15(4)26-24(34-23)27-21(31)16-6-7-16/h5,10-11,14-16,23H,1,6-9,12H2,2-4H3,(H,26,27,31)/t14-,15?,23?/m1/s1. The molecule has 2 aliphatic heterocycles. The number of hydrogen-bond donors (Lipinski definition) is 1. The van der Waals surface area contributed by atoms with Crippen molar-refractivity contribution in [2.75, 3.05) is 19.6 Å². The summed E-state index contributed by atoms with van der Waals surface area (Å²) < 4.78 is 14.8. The van der Waals surface area contributed by atoms with E-state index in [2.05, 4.69) is 16.9 Å². The van der Waals surface area contributed by atoms with Gasteiger partial charge in [-0.2, -0.15) is 0 Å². The van der Waals surface area contributed by atoms with Crippen molar-refractivity contribution in [3.8, 4) is 0 Å². The average Bonchev–Trinajstić information content (AvgIpc) is 3.59. The summed E-state index contributed by atoms with van der Waals surface area (Å²) in [6, 6.07) is 2.78. The molecular weight excluding hydrogens is 475 g/mol. The molecule has 1 saturated heterocycles. The average molecular weight is 505 g/mol. The van der Waals surface area contributed by atoms with Crippen molar-refractivity contribution in [3.63, 3.8) is 0 Å². The van der Waals surface area contributed by atoms with Crippen LogP contribution in [0.1, 0.15) is 42.6 Å². The first-order valence-electron chi connectivity index (χ1n) is 11.4. The highest BCUT2D eigenvalue weighted by atomic mass is 32.2. The summed E-state index contributed by atoms with van der Waals surface area (Å²) in [6.07, 6.45) is 3.12. The van der Waals surface area contributed by atoms with Gasteiger partial charge in [-0.15, -0.1) is 11.8 Å². The Labute approximate surface area is 207 Å². The highest BCUT2D eigenvalue weighted by Gasteiger charge is 2.35. The fourth-order valence-corrected chi connectivity index (χ4v) is 6.58. The highest BCUT2D eigenvalue weighted by molar-refractivity contribution is 8.25. The second kappa shape index (κ2) is 10.1. The Balaban J connectivity index is 1.44. The third-order valence-corrected chi connectivity index (χ3v) is 9.07. The predicted molar refractivity (Wildman–Crippen MR) is 133 cm³/mol. The number of thioether (sulfide) groups is 2. The zero-order valence-electron chi connectivity index (χ0n) is 19.5. The van der Waals surface area contributed by atoms with Gasteiger partial charge >= 0.3 is 0 Å². The summed E-state index contributed by atoms with van der Waals surface area (Å²) in [6.45, 7) is 10.4. The van der Waals surface area contributed by atoms with Crippen molar-refractivity contribution in [2.45, 2.75) is 55.2 Å². The SMILES string of the molecule is C=CC(=O)N1CCN(C(=O)c2cc(SC3SC(NC(=O)C4CC4)=NC3C)c(F)cc2C)C[C@H]1C. The Morgan fingerprint density at radius 3 is 2.65 bits per heavy atom. The van der Waals surface area contributed by atoms with E-state index < -0.39 is 0 Å². The molecule has 1 aromatic carbocycles. The van der Waals surface area contributed by atoms with Gasteiger partial charge in [0.2, 0.25) is 11.8 Å². The normalized spacial score (nSPS) is 24.6. The minimum absolute atomic E-state index is 0.00242. The van der Waals surface area contributed by atoms with Crippen LogP contribution >= 0.6 is 23.5 Å². The molecule has 10 heteroatoms. The van der Waals surface area contributed by atoms with Gasteiger partial charge in [0.15, 0.2) is 5.17 Å². The third kappa shape index (κ3) is 5.33. The molecule has 2 fully saturated rings. The number of nitrogens with one attached hydrogen (secondary N) is 1. The fraction of sp³-hybridized carbons (Fsp3) is 0.500. The summed E-state index contributed by atoms with van der Waals surface area (Å²) in [5.41, 5.74) is 1.03. The minimum atomic E-state index is -0.378. The van der Waals surface area contributed by atoms with E-state index >= 15 is 0 Å². The molecule has 0 radical (unpaired) electrons. The number of amidine groups is 1. The largest absolute Gasteiger partial charge is 0.335 e. The van der Waals surface area contributed by atoms with Crippen LogP contribution in [0.25, 0.3) is 0 Å². The lowest BCUT2D eigenvalue weighted by Gasteiger charge is -2.39. The number of nitrogens with zero attached hydrogens (tertiary/aromatic N) is 3. The van der Waals surface area contributed by atoms with Crippen LogP contribution in [0.15, 0.2) is 34.7 Å². The van der Waals surface area contributed by atoms with E-state index in [1.807, 2.05) is 13.8 Å². The second-order valence-electron chi connectivity index (χ2n) is 8.98. The molecule has 3 amide bonds. The predicted octanol–water partition coefficient (Wildman–Crippen LogP) is 3.43. The number of aryl methyl sites for hydroxylation is 1. The number of halogens is 1. The van der Waals surface area contributed by atoms with Crippen molar-refractivity contribution in [1.29, 1.82) is 0 Å². The van der Waals surface area contributed by atoms with Crippen molar-refractivity contribution >= 4 is 46.4 Å². The van der Waals surface area contributed by atoms with Crippen molar-refractivity contribution in [2.24, 2.45) is 10.9 Å². The third-order valence-electron chi connectivity index (χ3n) is 6.25. The number of hydrogen-bond acceptors (Lipinski definition) is 6. The van der Waals surface area contributed by atoms with E-state index in [4.69, 9.17) is 0 Å². The van der Waals surface area contributed by atoms with Crippen molar-refractivity contribution in [1.82, 2.24) is 15.1 Å². The molecule has 2 heterocycles. The first kappa shape index (κ1) is 24.8. The summed E-state index contributed by atoms with van der Waals surface area (Å²) >= 11 is 2.74. The van der Waals surface area contributed by atoms with Gasteiger partial charge in [-0.05, 0) is 57.4 Å². The second-order valence-corrected chi connectivity index (χ2v) is 11.6. The van der Waals surface area contributed by atoms with Crippen LogP contribution in [0.2, 0.25) is 0 Å². The van der Waals surface area contributed by atoms with Gasteiger partial charge in [0.25, 0.3) is 5.91 Å². The molecule has 2 unspecified atom stereocenters. The maximum absolute atomic E-state index is 14.9. The number of benzene rings is 1. The van der Waals surface area contributed by atoms with Crippen LogP contribution in [-0.2, 0) is 9.59 Å². The molecule has 1 aromatic rings. The number of carbonyl (C=O) groups is 3. The van der Waals surface area contributed by atoms with Crippen LogP contribution in [0.5, 0.6) is 0 Å². The number of rotatable bonds is 5. The molecule has 7 nitrogen and oxygen atoms in total. The molecule has 3 aliphatic rings. The van der Waals surface area contributed by atoms with Gasteiger partial charge in [-0.1, -0.05) is 18.3 Å². The Morgan fingerprint density at radius 2 is 2.00 bits per heavy atom. The molecule has 1 aliphatic carbocycles. The number of piperazine rings is 1. The molecule has 34 heavy (non-hydrogen) atoms. The zero-order chi connectivity index (χ0) is 24.6. The number of aliphatic imine (C=N–C) groups is 1. The van der Waals surface area contributed by atoms with E-state index in [1.54, 1.807) is 22.8 Å². The lowest BCUT2D eigenvalue weighted by Crippen LogP contribution is -2.55. The molecular formula is C24H29FN4O3S2. The first-order chi connectivity index (χ1) is 16.2. The van der Waals surface area contributed by atoms with Gasteiger partial charge in [-0.25, -0.2) is 4.39 Å². The van der Waals surface area contributed by atoms with E-state index in [1.165, 1.54) is 35.7 Å². The molecule has 3 atom stereocenters. The minimum Gasteiger partial charge on any atom is -0.335 e. The molecule has 4 rings (SSSR count). The maximum Gasteiger partial charge on any atom is 0.254 e. The Morgan fingerprint density at radius 1 is 1.26 bits per heavy atom.